The third kappa shape index (κ3) is 4.94. The largest absolute Gasteiger partial charge is 0.487 e. The molecule has 28 heavy (non-hydrogen) atoms. The van der Waals surface area contributed by atoms with Gasteiger partial charge in [0.15, 0.2) is 17.2 Å². The van der Waals surface area contributed by atoms with E-state index >= 15 is 0 Å². The summed E-state index contributed by atoms with van der Waals surface area (Å²) in [6.45, 7) is 0.318. The monoisotopic (exact) mass is 402 g/mol. The van der Waals surface area contributed by atoms with Crippen LogP contribution in [0.4, 0.5) is 28.9 Å². The Morgan fingerprint density at radius 3 is 2.46 bits per heavy atom. The van der Waals surface area contributed by atoms with Gasteiger partial charge >= 0.3 is 6.18 Å². The van der Waals surface area contributed by atoms with E-state index in [0.717, 1.165) is 19.1 Å². The van der Waals surface area contributed by atoms with Crippen molar-refractivity contribution in [3.8, 4) is 5.75 Å². The SMILES string of the molecule is C[C@](O)(COc1ccccc1F)C(=O)Nc1ccc([N+](=O)[O-])c(C(F)(F)F)c1. The second kappa shape index (κ2) is 7.80. The van der Waals surface area contributed by atoms with Crippen molar-refractivity contribution in [2.45, 2.75) is 18.7 Å². The third-order valence-corrected chi connectivity index (χ3v) is 3.59. The molecule has 1 atom stereocenters. The summed E-state index contributed by atoms with van der Waals surface area (Å²) in [6, 6.07) is 7.07. The normalized spacial score (nSPS) is 13.5. The minimum Gasteiger partial charge on any atom is -0.487 e. The van der Waals surface area contributed by atoms with Gasteiger partial charge in [0.25, 0.3) is 11.6 Å². The smallest absolute Gasteiger partial charge is 0.423 e. The van der Waals surface area contributed by atoms with E-state index in [2.05, 4.69) is 0 Å². The molecule has 0 saturated carbocycles. The highest BCUT2D eigenvalue weighted by molar-refractivity contribution is 5.97. The highest BCUT2D eigenvalue weighted by atomic mass is 19.4. The Balaban J connectivity index is 2.16. The van der Waals surface area contributed by atoms with Crippen LogP contribution in [0.25, 0.3) is 0 Å². The Labute approximate surface area is 155 Å². The van der Waals surface area contributed by atoms with Crippen LogP contribution in [0.15, 0.2) is 42.5 Å². The number of anilines is 1. The fraction of sp³-hybridized carbons (Fsp3) is 0.235. The molecule has 0 aromatic heterocycles. The van der Waals surface area contributed by atoms with E-state index in [1.165, 1.54) is 18.2 Å². The second-order valence-corrected chi connectivity index (χ2v) is 5.93. The van der Waals surface area contributed by atoms with Crippen molar-refractivity contribution < 1.29 is 37.1 Å². The van der Waals surface area contributed by atoms with Gasteiger partial charge in [-0.1, -0.05) is 12.1 Å². The minimum atomic E-state index is -5.03. The van der Waals surface area contributed by atoms with Crippen molar-refractivity contribution in [3.63, 3.8) is 0 Å². The number of halogens is 4. The lowest BCUT2D eigenvalue weighted by Gasteiger charge is -2.23. The van der Waals surface area contributed by atoms with Crippen LogP contribution in [0, 0.1) is 15.9 Å². The molecular weight excluding hydrogens is 388 g/mol. The summed E-state index contributed by atoms with van der Waals surface area (Å²) in [7, 11) is 0. The molecule has 2 aromatic carbocycles. The van der Waals surface area contributed by atoms with E-state index < -0.39 is 52.0 Å². The van der Waals surface area contributed by atoms with Gasteiger partial charge in [-0.2, -0.15) is 13.2 Å². The number of nitrogens with one attached hydrogen (secondary N) is 1. The van der Waals surface area contributed by atoms with Crippen LogP contribution in [0.5, 0.6) is 5.75 Å². The number of nitrogens with zero attached hydrogens (tertiary/aromatic N) is 1. The number of nitro benzene ring substituents is 1. The average molecular weight is 402 g/mol. The zero-order valence-electron chi connectivity index (χ0n) is 14.3. The molecule has 0 aliphatic carbocycles. The number of carbonyl (C=O) groups is 1. The summed E-state index contributed by atoms with van der Waals surface area (Å²) in [6.07, 6.45) is -5.03. The second-order valence-electron chi connectivity index (χ2n) is 5.93. The standard InChI is InChI=1S/C17H14F4N2O5/c1-16(25,9-28-14-5-3-2-4-12(14)18)15(24)22-10-6-7-13(23(26)27)11(8-10)17(19,20)21/h2-8,25H,9H2,1H3,(H,22,24)/t16-/m0/s1. The molecule has 7 nitrogen and oxygen atoms in total. The molecule has 0 aliphatic rings. The summed E-state index contributed by atoms with van der Waals surface area (Å²) in [5.41, 5.74) is -5.39. The quantitative estimate of drug-likeness (QED) is 0.437. The van der Waals surface area contributed by atoms with Crippen LogP contribution >= 0.6 is 0 Å². The van der Waals surface area contributed by atoms with Crippen molar-refractivity contribution in [2.75, 3.05) is 11.9 Å². The third-order valence-electron chi connectivity index (χ3n) is 3.59. The van der Waals surface area contributed by atoms with E-state index in [-0.39, 0.29) is 5.75 Å². The van der Waals surface area contributed by atoms with E-state index in [0.29, 0.717) is 12.1 Å². The van der Waals surface area contributed by atoms with Gasteiger partial charge in [0.1, 0.15) is 12.2 Å². The number of ether oxygens (including phenoxy) is 1. The van der Waals surface area contributed by atoms with Gasteiger partial charge in [-0.25, -0.2) is 4.39 Å². The van der Waals surface area contributed by atoms with Crippen molar-refractivity contribution in [3.05, 3.63) is 64.0 Å². The average Bonchev–Trinajstić information content (AvgIpc) is 2.60. The number of para-hydroxylation sites is 1. The zero-order valence-corrected chi connectivity index (χ0v) is 14.3. The molecule has 0 heterocycles. The minimum absolute atomic E-state index is 0.231. The maximum absolute atomic E-state index is 13.5. The number of aliphatic hydroxyl groups is 1. The maximum atomic E-state index is 13.5. The summed E-state index contributed by atoms with van der Waals surface area (Å²) in [5.74, 6) is -2.11. The van der Waals surface area contributed by atoms with Crippen LogP contribution in [0.1, 0.15) is 12.5 Å². The van der Waals surface area contributed by atoms with E-state index in [1.54, 1.807) is 0 Å². The summed E-state index contributed by atoms with van der Waals surface area (Å²) >= 11 is 0. The van der Waals surface area contributed by atoms with E-state index in [1.807, 2.05) is 5.32 Å². The van der Waals surface area contributed by atoms with E-state index in [4.69, 9.17) is 4.74 Å². The molecule has 0 fully saturated rings. The molecule has 2 N–H and O–H groups in total. The van der Waals surface area contributed by atoms with E-state index in [9.17, 15) is 37.6 Å². The molecule has 0 spiro atoms. The molecule has 1 amide bonds. The van der Waals surface area contributed by atoms with Crippen molar-refractivity contribution in [2.24, 2.45) is 0 Å². The van der Waals surface area contributed by atoms with Crippen LogP contribution < -0.4 is 10.1 Å². The molecule has 11 heteroatoms. The molecule has 0 saturated heterocycles. The number of hydrogen-bond acceptors (Lipinski definition) is 5. The first-order chi connectivity index (χ1) is 12.9. The molecule has 0 radical (unpaired) electrons. The fourth-order valence-electron chi connectivity index (χ4n) is 2.11. The Morgan fingerprint density at radius 2 is 1.89 bits per heavy atom. The number of carbonyl (C=O) groups excluding carboxylic acids is 1. The first-order valence-electron chi connectivity index (χ1n) is 7.68. The Hall–Kier alpha value is -3.21. The topological polar surface area (TPSA) is 102 Å². The summed E-state index contributed by atoms with van der Waals surface area (Å²) < 4.78 is 57.5. The van der Waals surface area contributed by atoms with Gasteiger partial charge in [-0.3, -0.25) is 14.9 Å². The first-order valence-corrected chi connectivity index (χ1v) is 7.68. The van der Waals surface area contributed by atoms with Gasteiger partial charge in [0.05, 0.1) is 4.92 Å². The number of benzene rings is 2. The molecule has 0 unspecified atom stereocenters. The van der Waals surface area contributed by atoms with Crippen LogP contribution in [-0.4, -0.2) is 28.1 Å². The Kier molecular flexibility index (Phi) is 5.88. The highest BCUT2D eigenvalue weighted by Crippen LogP contribution is 2.37. The van der Waals surface area contributed by atoms with Crippen molar-refractivity contribution in [1.82, 2.24) is 0 Å². The summed E-state index contributed by atoms with van der Waals surface area (Å²) in [5, 5.41) is 22.9. The highest BCUT2D eigenvalue weighted by Gasteiger charge is 2.39. The lowest BCUT2D eigenvalue weighted by molar-refractivity contribution is -0.388. The molecule has 2 rings (SSSR count). The van der Waals surface area contributed by atoms with Gasteiger partial charge in [0, 0.05) is 11.8 Å². The van der Waals surface area contributed by atoms with Crippen LogP contribution in [-0.2, 0) is 11.0 Å². The lowest BCUT2D eigenvalue weighted by Crippen LogP contribution is -2.45. The number of nitro groups is 1. The molecular formula is C17H14F4N2O5. The summed E-state index contributed by atoms with van der Waals surface area (Å²) in [4.78, 5) is 21.7. The number of rotatable bonds is 6. The van der Waals surface area contributed by atoms with Crippen molar-refractivity contribution in [1.29, 1.82) is 0 Å². The maximum Gasteiger partial charge on any atom is 0.423 e. The fourth-order valence-corrected chi connectivity index (χ4v) is 2.11. The predicted octanol–water partition coefficient (Wildman–Crippen LogP) is 3.52. The molecule has 0 aliphatic heterocycles. The Morgan fingerprint density at radius 1 is 1.25 bits per heavy atom. The Bertz CT molecular complexity index is 899. The first kappa shape index (κ1) is 21.1. The molecule has 0 bridgehead atoms. The van der Waals surface area contributed by atoms with Crippen LogP contribution in [0.2, 0.25) is 0 Å². The lowest BCUT2D eigenvalue weighted by atomic mass is 10.1. The van der Waals surface area contributed by atoms with Crippen molar-refractivity contribution >= 4 is 17.3 Å². The molecule has 2 aromatic rings. The van der Waals surface area contributed by atoms with Gasteiger partial charge in [0.2, 0.25) is 0 Å². The predicted molar refractivity (Wildman–Crippen MR) is 89.2 cm³/mol. The van der Waals surface area contributed by atoms with Crippen LogP contribution in [0.3, 0.4) is 0 Å². The van der Waals surface area contributed by atoms with Gasteiger partial charge < -0.3 is 15.2 Å². The van der Waals surface area contributed by atoms with Gasteiger partial charge in [-0.05, 0) is 31.2 Å². The number of amides is 1. The number of hydrogen-bond donors (Lipinski definition) is 2. The zero-order chi connectivity index (χ0) is 21.1. The van der Waals surface area contributed by atoms with Gasteiger partial charge in [-0.15, -0.1) is 0 Å². The molecule has 150 valence electrons. The number of alkyl halides is 3.